The van der Waals surface area contributed by atoms with Crippen LogP contribution in [0.4, 0.5) is 18.9 Å². The zero-order valence-electron chi connectivity index (χ0n) is 14.4. The van der Waals surface area contributed by atoms with E-state index < -0.39 is 38.1 Å². The highest BCUT2D eigenvalue weighted by atomic mass is 32.2. The lowest BCUT2D eigenvalue weighted by Crippen LogP contribution is -2.37. The third-order valence-electron chi connectivity index (χ3n) is 4.57. The van der Waals surface area contributed by atoms with Crippen molar-refractivity contribution in [3.8, 4) is 0 Å². The van der Waals surface area contributed by atoms with E-state index in [1.165, 1.54) is 0 Å². The van der Waals surface area contributed by atoms with Gasteiger partial charge in [-0.2, -0.15) is 18.3 Å². The summed E-state index contributed by atoms with van der Waals surface area (Å²) < 4.78 is 64.4. The first-order valence-corrected chi connectivity index (χ1v) is 9.38. The number of nitrogens with two attached hydrogens (primary N) is 3. The monoisotopic (exact) mass is 410 g/mol. The smallest absolute Gasteiger partial charge is 0.396 e. The molecule has 0 radical (unpaired) electrons. The number of benzene rings is 1. The first kappa shape index (κ1) is 21.2. The van der Waals surface area contributed by atoms with Gasteiger partial charge < -0.3 is 21.3 Å². The Bertz CT molecular complexity index is 843. The van der Waals surface area contributed by atoms with Gasteiger partial charge in [0.2, 0.25) is 10.0 Å². The third kappa shape index (κ3) is 4.10. The minimum atomic E-state index is -4.99. The van der Waals surface area contributed by atoms with Crippen LogP contribution in [0.15, 0.2) is 22.1 Å². The number of primary sulfonamides is 1. The zero-order valence-corrected chi connectivity index (χ0v) is 15.2. The Labute approximate surface area is 154 Å². The van der Waals surface area contributed by atoms with Gasteiger partial charge in [-0.3, -0.25) is 0 Å². The average molecular weight is 410 g/mol. The number of nitrogens with one attached hydrogen (secondary N) is 1. The van der Waals surface area contributed by atoms with E-state index >= 15 is 0 Å². The van der Waals surface area contributed by atoms with Gasteiger partial charge in [0.25, 0.3) is 0 Å². The predicted molar refractivity (Wildman–Crippen MR) is 92.8 cm³/mol. The van der Waals surface area contributed by atoms with E-state index in [-0.39, 0.29) is 24.1 Å². The highest BCUT2D eigenvalue weighted by molar-refractivity contribution is 7.89. The van der Waals surface area contributed by atoms with Crippen LogP contribution < -0.4 is 27.2 Å². The topological polar surface area (TPSA) is 160 Å². The number of aliphatic hydroxyl groups is 1. The fourth-order valence-corrected chi connectivity index (χ4v) is 4.20. The Morgan fingerprint density at radius 1 is 1.41 bits per heavy atom. The van der Waals surface area contributed by atoms with Crippen LogP contribution in [-0.2, 0) is 16.2 Å². The predicted octanol–water partition coefficient (Wildman–Crippen LogP) is -0.499. The molecule has 1 aromatic rings. The van der Waals surface area contributed by atoms with Crippen molar-refractivity contribution >= 4 is 21.5 Å². The van der Waals surface area contributed by atoms with Gasteiger partial charge >= 0.3 is 6.18 Å². The van der Waals surface area contributed by atoms with E-state index in [4.69, 9.17) is 16.8 Å². The van der Waals surface area contributed by atoms with Crippen LogP contribution >= 0.6 is 0 Å². The van der Waals surface area contributed by atoms with Gasteiger partial charge in [0.15, 0.2) is 5.84 Å². The van der Waals surface area contributed by atoms with Crippen molar-refractivity contribution in [2.24, 2.45) is 33.8 Å². The summed E-state index contributed by atoms with van der Waals surface area (Å²) >= 11 is 0. The summed E-state index contributed by atoms with van der Waals surface area (Å²) in [5, 5.41) is 17.8. The standard InChI is InChI=1S/C14H21F3N6O3S/c1-7-4-23(5-8(7)6-24)10-3-2-9(14(15,16)17)12(27(20,25)26)11(10)13(21-18)22-19/h2-3,7-8,24H,4-6,18-19H2,1H3,(H,21,22)(H2,20,25,26). The molecule has 2 atom stereocenters. The highest BCUT2D eigenvalue weighted by Gasteiger charge is 2.41. The van der Waals surface area contributed by atoms with Crippen molar-refractivity contribution < 1.29 is 26.7 Å². The summed E-state index contributed by atoms with van der Waals surface area (Å²) in [4.78, 5) is 0.466. The number of hydrazone groups is 1. The van der Waals surface area contributed by atoms with Crippen LogP contribution in [0, 0.1) is 11.8 Å². The molecule has 2 rings (SSSR count). The molecule has 0 amide bonds. The first-order valence-electron chi connectivity index (χ1n) is 7.83. The number of nitrogens with zero attached hydrogens (tertiary/aromatic N) is 2. The molecule has 13 heteroatoms. The van der Waals surface area contributed by atoms with Crippen LogP contribution in [-0.4, -0.2) is 39.1 Å². The molecule has 2 unspecified atom stereocenters. The Hall–Kier alpha value is -2.09. The SMILES string of the molecule is CC1CN(c2ccc(C(F)(F)F)c(S(N)(=O)=O)c2/C(=N/N)NN)CC1CO. The second-order valence-corrected chi connectivity index (χ2v) is 7.82. The molecule has 0 saturated carbocycles. The van der Waals surface area contributed by atoms with Crippen LogP contribution in [0.2, 0.25) is 0 Å². The molecular formula is C14H21F3N6O3S. The zero-order chi connectivity index (χ0) is 20.6. The largest absolute Gasteiger partial charge is 0.417 e. The maximum atomic E-state index is 13.4. The summed E-state index contributed by atoms with van der Waals surface area (Å²) in [6.45, 7) is 2.41. The number of aliphatic hydroxyl groups excluding tert-OH is 1. The second kappa shape index (κ2) is 7.50. The van der Waals surface area contributed by atoms with E-state index in [2.05, 4.69) is 5.10 Å². The van der Waals surface area contributed by atoms with Crippen LogP contribution in [0.25, 0.3) is 0 Å². The summed E-state index contributed by atoms with van der Waals surface area (Å²) in [6.07, 6.45) is -4.99. The van der Waals surface area contributed by atoms with Crippen molar-refractivity contribution in [1.82, 2.24) is 5.43 Å². The second-order valence-electron chi connectivity index (χ2n) is 6.33. The van der Waals surface area contributed by atoms with E-state index in [1.54, 1.807) is 4.90 Å². The van der Waals surface area contributed by atoms with Gasteiger partial charge in [-0.05, 0) is 18.1 Å². The number of halogens is 3. The Morgan fingerprint density at radius 2 is 2.04 bits per heavy atom. The summed E-state index contributed by atoms with van der Waals surface area (Å²) in [7, 11) is -4.83. The lowest BCUT2D eigenvalue weighted by molar-refractivity contribution is -0.139. The van der Waals surface area contributed by atoms with Gasteiger partial charge in [-0.25, -0.2) is 19.4 Å². The lowest BCUT2D eigenvalue weighted by Gasteiger charge is -2.26. The summed E-state index contributed by atoms with van der Waals surface area (Å²) in [5.41, 5.74) is 0.207. The first-order chi connectivity index (χ1) is 12.5. The molecule has 0 aliphatic carbocycles. The minimum Gasteiger partial charge on any atom is -0.396 e. The molecule has 8 N–H and O–H groups in total. The van der Waals surface area contributed by atoms with Crippen molar-refractivity contribution in [2.75, 3.05) is 24.6 Å². The maximum Gasteiger partial charge on any atom is 0.417 e. The quantitative estimate of drug-likeness (QED) is 0.194. The van der Waals surface area contributed by atoms with Gasteiger partial charge in [0.1, 0.15) is 4.90 Å². The molecule has 1 saturated heterocycles. The highest BCUT2D eigenvalue weighted by Crippen LogP contribution is 2.40. The number of rotatable bonds is 4. The normalized spacial score (nSPS) is 21.6. The number of alkyl halides is 3. The van der Waals surface area contributed by atoms with Crippen molar-refractivity contribution in [3.05, 3.63) is 23.3 Å². The van der Waals surface area contributed by atoms with E-state index in [0.717, 1.165) is 6.07 Å². The molecule has 0 spiro atoms. The fourth-order valence-electron chi connectivity index (χ4n) is 3.23. The number of anilines is 1. The lowest BCUT2D eigenvalue weighted by atomic mass is 10.00. The number of sulfonamides is 1. The molecule has 1 fully saturated rings. The average Bonchev–Trinajstić information content (AvgIpc) is 2.94. The van der Waals surface area contributed by atoms with Gasteiger partial charge in [-0.1, -0.05) is 6.92 Å². The minimum absolute atomic E-state index is 0.0205. The number of amidine groups is 1. The fraction of sp³-hybridized carbons (Fsp3) is 0.500. The van der Waals surface area contributed by atoms with Crippen LogP contribution in [0.3, 0.4) is 0 Å². The molecule has 9 nitrogen and oxygen atoms in total. The van der Waals surface area contributed by atoms with E-state index in [0.29, 0.717) is 19.2 Å². The van der Waals surface area contributed by atoms with Gasteiger partial charge in [0.05, 0.1) is 11.1 Å². The van der Waals surface area contributed by atoms with Gasteiger partial charge in [-0.15, -0.1) is 0 Å². The molecule has 0 aromatic heterocycles. The molecule has 1 heterocycles. The Morgan fingerprint density at radius 3 is 2.44 bits per heavy atom. The Balaban J connectivity index is 2.83. The van der Waals surface area contributed by atoms with Crippen LogP contribution in [0.1, 0.15) is 18.1 Å². The van der Waals surface area contributed by atoms with Crippen LogP contribution in [0.5, 0.6) is 0 Å². The summed E-state index contributed by atoms with van der Waals surface area (Å²) in [5.74, 6) is 9.92. The molecule has 27 heavy (non-hydrogen) atoms. The van der Waals surface area contributed by atoms with Crippen molar-refractivity contribution in [2.45, 2.75) is 18.0 Å². The number of hydrogen-bond acceptors (Lipinski definition) is 7. The molecule has 0 bridgehead atoms. The Kier molecular flexibility index (Phi) is 5.89. The van der Waals surface area contributed by atoms with Gasteiger partial charge in [0, 0.05) is 31.3 Å². The van der Waals surface area contributed by atoms with Crippen molar-refractivity contribution in [3.63, 3.8) is 0 Å². The molecule has 1 aromatic carbocycles. The molecule has 1 aliphatic rings. The number of hydrogen-bond donors (Lipinski definition) is 5. The molecule has 1 aliphatic heterocycles. The van der Waals surface area contributed by atoms with E-state index in [1.807, 2.05) is 12.3 Å². The molecular weight excluding hydrogens is 389 g/mol. The third-order valence-corrected chi connectivity index (χ3v) is 5.56. The summed E-state index contributed by atoms with van der Waals surface area (Å²) in [6, 6.07) is 1.75. The van der Waals surface area contributed by atoms with E-state index in [9.17, 15) is 26.7 Å². The van der Waals surface area contributed by atoms with Crippen molar-refractivity contribution in [1.29, 1.82) is 0 Å². The molecule has 152 valence electrons. The maximum absolute atomic E-state index is 13.4. The number of hydrazine groups is 1.